The Morgan fingerprint density at radius 1 is 1.27 bits per heavy atom. The first kappa shape index (κ1) is 20.6. The van der Waals surface area contributed by atoms with E-state index in [9.17, 15) is 13.2 Å². The van der Waals surface area contributed by atoms with Gasteiger partial charge in [-0.2, -0.15) is 13.2 Å². The van der Waals surface area contributed by atoms with Gasteiger partial charge in [-0.25, -0.2) is 0 Å². The first-order chi connectivity index (χ1) is 12.3. The number of aliphatic imine (C=N–C) groups is 1. The lowest BCUT2D eigenvalue weighted by Gasteiger charge is -2.32. The molecule has 2 rings (SSSR count). The van der Waals surface area contributed by atoms with E-state index in [-0.39, 0.29) is 0 Å². The summed E-state index contributed by atoms with van der Waals surface area (Å²) < 4.78 is 42.7. The van der Waals surface area contributed by atoms with Crippen molar-refractivity contribution in [1.29, 1.82) is 0 Å². The summed E-state index contributed by atoms with van der Waals surface area (Å²) in [6, 6.07) is 2.00. The molecule has 0 aliphatic carbocycles. The van der Waals surface area contributed by atoms with Crippen molar-refractivity contribution < 1.29 is 17.6 Å². The molecule has 0 radical (unpaired) electrons. The Balaban J connectivity index is 1.64. The molecule has 0 saturated carbocycles. The molecule has 0 aromatic carbocycles. The van der Waals surface area contributed by atoms with Crippen LogP contribution in [0.3, 0.4) is 0 Å². The van der Waals surface area contributed by atoms with E-state index in [0.29, 0.717) is 25.6 Å². The van der Waals surface area contributed by atoms with Crippen LogP contribution >= 0.6 is 0 Å². The molecule has 2 heterocycles. The number of likely N-dealkylation sites (tertiary alicyclic amines) is 1. The molecule has 1 aromatic heterocycles. The Hall–Kier alpha value is -1.70. The molecule has 0 atom stereocenters. The highest BCUT2D eigenvalue weighted by atomic mass is 19.4. The third-order valence-electron chi connectivity index (χ3n) is 4.77. The fraction of sp³-hybridized carbons (Fsp3) is 0.722. The van der Waals surface area contributed by atoms with E-state index in [4.69, 9.17) is 4.42 Å². The number of halogens is 3. The predicted octanol–water partition coefficient (Wildman–Crippen LogP) is 3.23. The Labute approximate surface area is 153 Å². The molecule has 0 bridgehead atoms. The Kier molecular flexibility index (Phi) is 7.37. The van der Waals surface area contributed by atoms with Crippen LogP contribution in [0, 0.1) is 19.8 Å². The molecule has 1 aliphatic heterocycles. The summed E-state index contributed by atoms with van der Waals surface area (Å²) in [6.45, 7) is 5.51. The minimum atomic E-state index is -4.10. The number of alkyl halides is 3. The molecule has 0 unspecified atom stereocenters. The van der Waals surface area contributed by atoms with Gasteiger partial charge in [-0.3, -0.25) is 9.89 Å². The quantitative estimate of drug-likeness (QED) is 0.593. The standard InChI is InChI=1S/C18H29F3N4O/c1-13-10-16(14(2)26-13)11-24-17(22-3)23-7-4-15-5-8-25(9-6-15)12-18(19,20)21/h10,15H,4-9,11-12H2,1-3H3,(H2,22,23,24). The van der Waals surface area contributed by atoms with E-state index in [1.165, 1.54) is 4.90 Å². The summed E-state index contributed by atoms with van der Waals surface area (Å²) in [5.74, 6) is 2.97. The van der Waals surface area contributed by atoms with Crippen molar-refractivity contribution in [3.05, 3.63) is 23.2 Å². The van der Waals surface area contributed by atoms with E-state index < -0.39 is 12.7 Å². The molecule has 1 saturated heterocycles. The van der Waals surface area contributed by atoms with Gasteiger partial charge in [-0.15, -0.1) is 0 Å². The maximum absolute atomic E-state index is 12.4. The zero-order valence-electron chi connectivity index (χ0n) is 15.7. The van der Waals surface area contributed by atoms with E-state index >= 15 is 0 Å². The van der Waals surface area contributed by atoms with Gasteiger partial charge in [0.05, 0.1) is 6.54 Å². The fourth-order valence-corrected chi connectivity index (χ4v) is 3.34. The van der Waals surface area contributed by atoms with Crippen molar-refractivity contribution in [2.75, 3.05) is 33.2 Å². The smallest absolute Gasteiger partial charge is 0.401 e. The molecule has 1 aliphatic rings. The topological polar surface area (TPSA) is 52.8 Å². The number of piperidine rings is 1. The molecular formula is C18H29F3N4O. The minimum Gasteiger partial charge on any atom is -0.466 e. The first-order valence-electron chi connectivity index (χ1n) is 9.06. The first-order valence-corrected chi connectivity index (χ1v) is 9.06. The summed E-state index contributed by atoms with van der Waals surface area (Å²) >= 11 is 0. The average molecular weight is 374 g/mol. The monoisotopic (exact) mass is 374 g/mol. The second-order valence-electron chi connectivity index (χ2n) is 6.91. The minimum absolute atomic E-state index is 0.462. The number of hydrogen-bond donors (Lipinski definition) is 2. The van der Waals surface area contributed by atoms with Crippen LogP contribution in [0.1, 0.15) is 36.3 Å². The summed E-state index contributed by atoms with van der Waals surface area (Å²) in [5.41, 5.74) is 1.10. The van der Waals surface area contributed by atoms with Gasteiger partial charge in [-0.05, 0) is 58.2 Å². The number of furan rings is 1. The average Bonchev–Trinajstić information content (AvgIpc) is 2.88. The SMILES string of the molecule is CN=C(NCCC1CCN(CC(F)(F)F)CC1)NCc1cc(C)oc1C. The Morgan fingerprint density at radius 3 is 2.50 bits per heavy atom. The van der Waals surface area contributed by atoms with Crippen LogP contribution in [0.5, 0.6) is 0 Å². The normalized spacial score (nSPS) is 17.5. The van der Waals surface area contributed by atoms with Crippen molar-refractivity contribution in [2.24, 2.45) is 10.9 Å². The lowest BCUT2D eigenvalue weighted by Crippen LogP contribution is -2.41. The second kappa shape index (κ2) is 9.30. The van der Waals surface area contributed by atoms with Gasteiger partial charge in [0.1, 0.15) is 11.5 Å². The molecular weight excluding hydrogens is 345 g/mol. The largest absolute Gasteiger partial charge is 0.466 e. The van der Waals surface area contributed by atoms with E-state index in [0.717, 1.165) is 48.9 Å². The van der Waals surface area contributed by atoms with Gasteiger partial charge in [0.2, 0.25) is 0 Å². The molecule has 0 amide bonds. The van der Waals surface area contributed by atoms with Gasteiger partial charge in [-0.1, -0.05) is 0 Å². The molecule has 148 valence electrons. The van der Waals surface area contributed by atoms with Crippen molar-refractivity contribution in [2.45, 2.75) is 45.8 Å². The summed E-state index contributed by atoms with van der Waals surface area (Å²) in [4.78, 5) is 5.70. The summed E-state index contributed by atoms with van der Waals surface area (Å²) in [7, 11) is 1.72. The predicted molar refractivity (Wildman–Crippen MR) is 96.2 cm³/mol. The van der Waals surface area contributed by atoms with Crippen molar-refractivity contribution in [3.8, 4) is 0 Å². The third-order valence-corrected chi connectivity index (χ3v) is 4.77. The molecule has 2 N–H and O–H groups in total. The lowest BCUT2D eigenvalue weighted by atomic mass is 9.93. The third kappa shape index (κ3) is 6.90. The van der Waals surface area contributed by atoms with Crippen LogP contribution in [0.25, 0.3) is 0 Å². The zero-order valence-corrected chi connectivity index (χ0v) is 15.7. The number of guanidine groups is 1. The van der Waals surface area contributed by atoms with Crippen molar-refractivity contribution in [1.82, 2.24) is 15.5 Å². The zero-order chi connectivity index (χ0) is 19.2. The van der Waals surface area contributed by atoms with Crippen LogP contribution in [-0.2, 0) is 6.54 Å². The molecule has 5 nitrogen and oxygen atoms in total. The summed E-state index contributed by atoms with van der Waals surface area (Å²) in [6.07, 6.45) is -1.53. The van der Waals surface area contributed by atoms with Crippen molar-refractivity contribution >= 4 is 5.96 Å². The summed E-state index contributed by atoms with van der Waals surface area (Å²) in [5, 5.41) is 6.53. The van der Waals surface area contributed by atoms with Crippen LogP contribution in [0.15, 0.2) is 15.5 Å². The van der Waals surface area contributed by atoms with E-state index in [1.807, 2.05) is 19.9 Å². The van der Waals surface area contributed by atoms with Crippen LogP contribution in [0.4, 0.5) is 13.2 Å². The van der Waals surface area contributed by atoms with Gasteiger partial charge >= 0.3 is 6.18 Å². The highest BCUT2D eigenvalue weighted by Gasteiger charge is 2.32. The van der Waals surface area contributed by atoms with Gasteiger partial charge in [0, 0.05) is 25.7 Å². The number of hydrogen-bond acceptors (Lipinski definition) is 3. The molecule has 1 aromatic rings. The van der Waals surface area contributed by atoms with E-state index in [1.54, 1.807) is 7.05 Å². The van der Waals surface area contributed by atoms with Crippen molar-refractivity contribution in [3.63, 3.8) is 0 Å². The van der Waals surface area contributed by atoms with Gasteiger partial charge in [0.25, 0.3) is 0 Å². The van der Waals surface area contributed by atoms with Gasteiger partial charge in [0.15, 0.2) is 5.96 Å². The number of nitrogens with one attached hydrogen (secondary N) is 2. The molecule has 8 heteroatoms. The van der Waals surface area contributed by atoms with Crippen LogP contribution in [-0.4, -0.2) is 50.3 Å². The Morgan fingerprint density at radius 2 is 1.96 bits per heavy atom. The number of aryl methyl sites for hydroxylation is 2. The van der Waals surface area contributed by atoms with Gasteiger partial charge < -0.3 is 15.1 Å². The highest BCUT2D eigenvalue weighted by molar-refractivity contribution is 5.79. The number of rotatable bonds is 6. The molecule has 26 heavy (non-hydrogen) atoms. The highest BCUT2D eigenvalue weighted by Crippen LogP contribution is 2.24. The number of nitrogens with zero attached hydrogens (tertiary/aromatic N) is 2. The molecule has 1 fully saturated rings. The van der Waals surface area contributed by atoms with Crippen LogP contribution in [0.2, 0.25) is 0 Å². The fourth-order valence-electron chi connectivity index (χ4n) is 3.34. The molecule has 0 spiro atoms. The Bertz CT molecular complexity index is 590. The van der Waals surface area contributed by atoms with Crippen LogP contribution < -0.4 is 10.6 Å². The maximum Gasteiger partial charge on any atom is 0.401 e. The maximum atomic E-state index is 12.4. The lowest BCUT2D eigenvalue weighted by molar-refractivity contribution is -0.148. The second-order valence-corrected chi connectivity index (χ2v) is 6.91. The van der Waals surface area contributed by atoms with E-state index in [2.05, 4.69) is 15.6 Å².